The number of carbonyl (C=O) groups excluding carboxylic acids is 3. The Kier molecular flexibility index (Phi) is 6.05. The number of alkyl halides is 3. The van der Waals surface area contributed by atoms with Crippen molar-refractivity contribution in [2.45, 2.75) is 24.4 Å². The van der Waals surface area contributed by atoms with Gasteiger partial charge in [0, 0.05) is 24.0 Å². The van der Waals surface area contributed by atoms with E-state index in [1.165, 1.54) is 17.2 Å². The van der Waals surface area contributed by atoms with Crippen molar-refractivity contribution in [1.29, 1.82) is 0 Å². The Morgan fingerprint density at radius 3 is 2.62 bits per heavy atom. The molecule has 194 valence electrons. The first-order valence-electron chi connectivity index (χ1n) is 11.2. The van der Waals surface area contributed by atoms with E-state index in [0.717, 1.165) is 11.0 Å². The van der Waals surface area contributed by atoms with Gasteiger partial charge in [0.15, 0.2) is 0 Å². The Hall–Kier alpha value is -3.74. The molecule has 3 amide bonds. The van der Waals surface area contributed by atoms with Gasteiger partial charge in [0.1, 0.15) is 24.6 Å². The number of anilines is 1. The van der Waals surface area contributed by atoms with E-state index >= 15 is 0 Å². The molecule has 4 heterocycles. The van der Waals surface area contributed by atoms with Crippen LogP contribution in [0.15, 0.2) is 30.6 Å². The molecule has 3 aromatic rings. The number of likely N-dealkylation sites (tertiary alicyclic amines) is 1. The topological polar surface area (TPSA) is 111 Å². The van der Waals surface area contributed by atoms with Crippen LogP contribution in [0.4, 0.5) is 23.2 Å². The third-order valence-electron chi connectivity index (χ3n) is 6.73. The number of rotatable bonds is 4. The summed E-state index contributed by atoms with van der Waals surface area (Å²) in [7, 11) is 0. The molecule has 14 heteroatoms. The Balaban J connectivity index is 1.39. The minimum absolute atomic E-state index is 0.0718. The molecule has 2 aliphatic rings. The van der Waals surface area contributed by atoms with Crippen LogP contribution in [0.25, 0.3) is 10.9 Å². The molecule has 2 aromatic heterocycles. The van der Waals surface area contributed by atoms with Crippen LogP contribution in [0.5, 0.6) is 0 Å². The lowest BCUT2D eigenvalue weighted by Crippen LogP contribution is -2.51. The Bertz CT molecular complexity index is 1420. The molecule has 0 unspecified atom stereocenters. The van der Waals surface area contributed by atoms with E-state index in [-0.39, 0.29) is 53.8 Å². The van der Waals surface area contributed by atoms with Gasteiger partial charge in [0.05, 0.1) is 34.0 Å². The smallest absolute Gasteiger partial charge is 0.345 e. The molecule has 1 spiro atoms. The van der Waals surface area contributed by atoms with Crippen LogP contribution in [-0.4, -0.2) is 70.2 Å². The first-order valence-corrected chi connectivity index (χ1v) is 11.6. The highest BCUT2D eigenvalue weighted by molar-refractivity contribution is 6.33. The van der Waals surface area contributed by atoms with Crippen molar-refractivity contribution in [3.63, 3.8) is 0 Å². The maximum Gasteiger partial charge on any atom is 0.405 e. The Labute approximate surface area is 211 Å². The third-order valence-corrected chi connectivity index (χ3v) is 7.10. The molecule has 0 bridgehead atoms. The number of hydrogen-bond acceptors (Lipinski definition) is 5. The van der Waals surface area contributed by atoms with Crippen LogP contribution in [0, 0.1) is 5.82 Å². The summed E-state index contributed by atoms with van der Waals surface area (Å²) in [6.07, 6.45) is -1.43. The number of fused-ring (bicyclic) bond motifs is 3. The molecule has 2 N–H and O–H groups in total. The van der Waals surface area contributed by atoms with Crippen LogP contribution < -0.4 is 10.2 Å². The van der Waals surface area contributed by atoms with Gasteiger partial charge < -0.3 is 15.1 Å². The molecule has 1 saturated heterocycles. The standard InChI is InChI=1S/C23H19ClF4N6O3/c24-19-13(25)1-2-16-18(19)22(21(37)34(16)10-17(35)30-11-23(26,27)28)3-5-33(6-4-22)20(36)14-7-12-8-31-32-15(12)9-29-14/h1-2,7-9H,3-6,10-11H2,(H,30,35)(H,31,32). The predicted octanol–water partition coefficient (Wildman–Crippen LogP) is 2.95. The zero-order chi connectivity index (χ0) is 26.5. The molecule has 0 saturated carbocycles. The summed E-state index contributed by atoms with van der Waals surface area (Å²) < 4.78 is 52.0. The number of H-pyrrole nitrogens is 1. The number of halogens is 5. The van der Waals surface area contributed by atoms with Crippen LogP contribution in [-0.2, 0) is 15.0 Å². The van der Waals surface area contributed by atoms with Crippen molar-refractivity contribution in [1.82, 2.24) is 25.4 Å². The number of nitrogens with one attached hydrogen (secondary N) is 2. The van der Waals surface area contributed by atoms with E-state index in [1.807, 2.05) is 0 Å². The van der Waals surface area contributed by atoms with Crippen molar-refractivity contribution in [2.75, 3.05) is 31.1 Å². The SMILES string of the molecule is O=C(CN1C(=O)C2(CCN(C(=O)c3cc4cn[nH]c4cn3)CC2)c2c1ccc(F)c2Cl)NCC(F)(F)F. The summed E-state index contributed by atoms with van der Waals surface area (Å²) in [5.41, 5.74) is -0.149. The number of hydrogen-bond donors (Lipinski definition) is 2. The zero-order valence-electron chi connectivity index (χ0n) is 19.0. The average Bonchev–Trinajstić information content (AvgIpc) is 3.42. The lowest BCUT2D eigenvalue weighted by atomic mass is 9.73. The van der Waals surface area contributed by atoms with Gasteiger partial charge in [-0.1, -0.05) is 11.6 Å². The second kappa shape index (κ2) is 8.98. The number of aromatic amines is 1. The van der Waals surface area contributed by atoms with Crippen molar-refractivity contribution < 1.29 is 31.9 Å². The largest absolute Gasteiger partial charge is 0.405 e. The summed E-state index contributed by atoms with van der Waals surface area (Å²) in [5.74, 6) is -2.74. The van der Waals surface area contributed by atoms with E-state index in [1.54, 1.807) is 17.6 Å². The van der Waals surface area contributed by atoms with Crippen molar-refractivity contribution >= 4 is 45.9 Å². The molecule has 37 heavy (non-hydrogen) atoms. The van der Waals surface area contributed by atoms with Gasteiger partial charge in [0.25, 0.3) is 5.91 Å². The summed E-state index contributed by atoms with van der Waals surface area (Å²) in [5, 5.41) is 8.79. The summed E-state index contributed by atoms with van der Waals surface area (Å²) in [6.45, 7) is -2.03. The summed E-state index contributed by atoms with van der Waals surface area (Å²) >= 11 is 6.29. The van der Waals surface area contributed by atoms with Gasteiger partial charge in [-0.2, -0.15) is 18.3 Å². The van der Waals surface area contributed by atoms with Crippen LogP contribution in [0.2, 0.25) is 5.02 Å². The van der Waals surface area contributed by atoms with Gasteiger partial charge in [0.2, 0.25) is 11.8 Å². The summed E-state index contributed by atoms with van der Waals surface area (Å²) in [6, 6.07) is 3.90. The van der Waals surface area contributed by atoms with Crippen molar-refractivity contribution in [2.24, 2.45) is 0 Å². The second-order valence-corrected chi connectivity index (χ2v) is 9.32. The van der Waals surface area contributed by atoms with Gasteiger partial charge >= 0.3 is 6.18 Å². The van der Waals surface area contributed by atoms with Gasteiger partial charge in [-0.05, 0) is 31.0 Å². The fraction of sp³-hybridized carbons (Fsp3) is 0.348. The third kappa shape index (κ3) is 4.37. The number of carbonyl (C=O) groups is 3. The molecular weight excluding hydrogens is 520 g/mol. The van der Waals surface area contributed by atoms with Gasteiger partial charge in [-0.15, -0.1) is 0 Å². The van der Waals surface area contributed by atoms with E-state index in [0.29, 0.717) is 10.9 Å². The summed E-state index contributed by atoms with van der Waals surface area (Å²) in [4.78, 5) is 45.6. The number of benzene rings is 1. The molecule has 0 atom stereocenters. The highest BCUT2D eigenvalue weighted by Crippen LogP contribution is 2.51. The Morgan fingerprint density at radius 2 is 1.92 bits per heavy atom. The predicted molar refractivity (Wildman–Crippen MR) is 124 cm³/mol. The normalized spacial score (nSPS) is 16.9. The first kappa shape index (κ1) is 24.9. The molecule has 1 fully saturated rings. The first-order chi connectivity index (χ1) is 17.5. The molecule has 0 aliphatic carbocycles. The number of piperidine rings is 1. The second-order valence-electron chi connectivity index (χ2n) is 8.94. The number of aromatic nitrogens is 3. The van der Waals surface area contributed by atoms with Gasteiger partial charge in [-0.3, -0.25) is 19.5 Å². The minimum Gasteiger partial charge on any atom is -0.345 e. The number of pyridine rings is 1. The highest BCUT2D eigenvalue weighted by Gasteiger charge is 2.54. The van der Waals surface area contributed by atoms with Crippen LogP contribution in [0.3, 0.4) is 0 Å². The lowest BCUT2D eigenvalue weighted by Gasteiger charge is -2.38. The van der Waals surface area contributed by atoms with Gasteiger partial charge in [-0.25, -0.2) is 9.37 Å². The monoisotopic (exact) mass is 538 g/mol. The molecule has 0 radical (unpaired) electrons. The molecule has 9 nitrogen and oxygen atoms in total. The minimum atomic E-state index is -4.62. The molecule has 1 aromatic carbocycles. The maximum absolute atomic E-state index is 14.5. The van der Waals surface area contributed by atoms with Crippen molar-refractivity contribution in [3.8, 4) is 0 Å². The van der Waals surface area contributed by atoms with Crippen LogP contribution in [0.1, 0.15) is 28.9 Å². The fourth-order valence-electron chi connectivity index (χ4n) is 4.93. The van der Waals surface area contributed by atoms with E-state index in [4.69, 9.17) is 11.6 Å². The number of amides is 3. The Morgan fingerprint density at radius 1 is 1.19 bits per heavy atom. The van der Waals surface area contributed by atoms with E-state index in [2.05, 4.69) is 15.2 Å². The number of nitrogens with zero attached hydrogens (tertiary/aromatic N) is 4. The quantitative estimate of drug-likeness (QED) is 0.496. The maximum atomic E-state index is 14.5. The fourth-order valence-corrected chi connectivity index (χ4v) is 5.27. The lowest BCUT2D eigenvalue weighted by molar-refractivity contribution is -0.138. The molecule has 2 aliphatic heterocycles. The highest BCUT2D eigenvalue weighted by atomic mass is 35.5. The molecular formula is C23H19ClF4N6O3. The van der Waals surface area contributed by atoms with E-state index < -0.39 is 42.3 Å². The molecule has 5 rings (SSSR count). The average molecular weight is 539 g/mol. The van der Waals surface area contributed by atoms with Crippen molar-refractivity contribution in [3.05, 3.63) is 52.7 Å². The zero-order valence-corrected chi connectivity index (χ0v) is 19.8. The van der Waals surface area contributed by atoms with Crippen LogP contribution >= 0.6 is 11.6 Å². The van der Waals surface area contributed by atoms with E-state index in [9.17, 15) is 31.9 Å².